The Labute approximate surface area is 135 Å². The fourth-order valence-electron chi connectivity index (χ4n) is 2.21. The van der Waals surface area contributed by atoms with Crippen LogP contribution in [0.2, 0.25) is 0 Å². The number of hydrogen-bond acceptors (Lipinski definition) is 5. The third kappa shape index (κ3) is 3.90. The van der Waals surface area contributed by atoms with Gasteiger partial charge in [-0.1, -0.05) is 36.4 Å². The standard InChI is InChI=1S/C18H18N4O/c23-13-5-11-19-18-20-12-10-17(22-18)16-9-4-8-15(21-16)14-6-2-1-3-7-14/h1-4,6-10,12,23H,5,11,13H2,(H,19,20,22). The molecule has 2 heterocycles. The number of aliphatic hydroxyl groups excluding tert-OH is 1. The third-order valence-electron chi connectivity index (χ3n) is 3.35. The Bertz CT molecular complexity index is 762. The lowest BCUT2D eigenvalue weighted by atomic mass is 10.1. The maximum absolute atomic E-state index is 8.82. The number of aliphatic hydroxyl groups is 1. The molecule has 0 atom stereocenters. The van der Waals surface area contributed by atoms with E-state index < -0.39 is 0 Å². The van der Waals surface area contributed by atoms with Crippen molar-refractivity contribution in [2.45, 2.75) is 6.42 Å². The van der Waals surface area contributed by atoms with Crippen molar-refractivity contribution < 1.29 is 5.11 Å². The first-order valence-electron chi connectivity index (χ1n) is 7.57. The van der Waals surface area contributed by atoms with Gasteiger partial charge in [-0.05, 0) is 24.6 Å². The molecule has 0 aliphatic carbocycles. The molecule has 5 nitrogen and oxygen atoms in total. The van der Waals surface area contributed by atoms with Gasteiger partial charge in [0.1, 0.15) is 0 Å². The average Bonchev–Trinajstić information content (AvgIpc) is 2.63. The van der Waals surface area contributed by atoms with Crippen LogP contribution in [-0.4, -0.2) is 33.2 Å². The molecule has 0 amide bonds. The number of aromatic nitrogens is 3. The highest BCUT2D eigenvalue weighted by atomic mass is 16.3. The van der Waals surface area contributed by atoms with Gasteiger partial charge in [0.15, 0.2) is 0 Å². The van der Waals surface area contributed by atoms with E-state index in [4.69, 9.17) is 10.1 Å². The van der Waals surface area contributed by atoms with Crippen LogP contribution in [0.4, 0.5) is 5.95 Å². The van der Waals surface area contributed by atoms with Crippen molar-refractivity contribution in [3.8, 4) is 22.6 Å². The van der Waals surface area contributed by atoms with E-state index in [1.165, 1.54) is 0 Å². The first kappa shape index (κ1) is 15.1. The smallest absolute Gasteiger partial charge is 0.223 e. The predicted molar refractivity (Wildman–Crippen MR) is 90.9 cm³/mol. The summed E-state index contributed by atoms with van der Waals surface area (Å²) in [4.78, 5) is 13.4. The van der Waals surface area contributed by atoms with Crippen molar-refractivity contribution in [3.05, 3.63) is 60.8 Å². The van der Waals surface area contributed by atoms with Crippen LogP contribution in [0.15, 0.2) is 60.8 Å². The molecule has 0 fully saturated rings. The second-order valence-corrected chi connectivity index (χ2v) is 5.04. The number of anilines is 1. The summed E-state index contributed by atoms with van der Waals surface area (Å²) in [6.45, 7) is 0.783. The zero-order valence-electron chi connectivity index (χ0n) is 12.7. The summed E-state index contributed by atoms with van der Waals surface area (Å²) in [6, 6.07) is 17.8. The minimum atomic E-state index is 0.146. The Balaban J connectivity index is 1.86. The number of benzene rings is 1. The topological polar surface area (TPSA) is 70.9 Å². The predicted octanol–water partition coefficient (Wildman–Crippen LogP) is 3.00. The average molecular weight is 306 g/mol. The first-order valence-corrected chi connectivity index (χ1v) is 7.57. The van der Waals surface area contributed by atoms with E-state index in [1.54, 1.807) is 6.20 Å². The summed E-state index contributed by atoms with van der Waals surface area (Å²) < 4.78 is 0. The minimum absolute atomic E-state index is 0.146. The maximum Gasteiger partial charge on any atom is 0.223 e. The molecule has 3 rings (SSSR count). The minimum Gasteiger partial charge on any atom is -0.396 e. The molecule has 0 radical (unpaired) electrons. The second kappa shape index (κ2) is 7.47. The Morgan fingerprint density at radius 1 is 0.826 bits per heavy atom. The van der Waals surface area contributed by atoms with E-state index in [0.717, 1.165) is 22.6 Å². The van der Waals surface area contributed by atoms with Gasteiger partial charge >= 0.3 is 0 Å². The summed E-state index contributed by atoms with van der Waals surface area (Å²) in [5.41, 5.74) is 3.56. The summed E-state index contributed by atoms with van der Waals surface area (Å²) in [7, 11) is 0. The quantitative estimate of drug-likeness (QED) is 0.685. The van der Waals surface area contributed by atoms with Gasteiger partial charge in [-0.3, -0.25) is 0 Å². The molecule has 2 aromatic heterocycles. The van der Waals surface area contributed by atoms with Crippen molar-refractivity contribution in [1.29, 1.82) is 0 Å². The van der Waals surface area contributed by atoms with Gasteiger partial charge in [0.2, 0.25) is 5.95 Å². The molecule has 0 saturated heterocycles. The van der Waals surface area contributed by atoms with Gasteiger partial charge < -0.3 is 10.4 Å². The van der Waals surface area contributed by atoms with Gasteiger partial charge in [0.25, 0.3) is 0 Å². The molecule has 0 aliphatic heterocycles. The fourth-order valence-corrected chi connectivity index (χ4v) is 2.21. The molecule has 2 N–H and O–H groups in total. The highest BCUT2D eigenvalue weighted by Gasteiger charge is 2.05. The molecule has 1 aromatic carbocycles. The Morgan fingerprint density at radius 2 is 1.61 bits per heavy atom. The zero-order chi connectivity index (χ0) is 15.9. The SMILES string of the molecule is OCCCNc1nccc(-c2cccc(-c3ccccc3)n2)n1. The van der Waals surface area contributed by atoms with Crippen LogP contribution in [0.25, 0.3) is 22.6 Å². The fraction of sp³-hybridized carbons (Fsp3) is 0.167. The third-order valence-corrected chi connectivity index (χ3v) is 3.35. The van der Waals surface area contributed by atoms with Crippen LogP contribution in [0.3, 0.4) is 0 Å². The van der Waals surface area contributed by atoms with E-state index in [9.17, 15) is 0 Å². The molecular formula is C18H18N4O. The van der Waals surface area contributed by atoms with Crippen LogP contribution in [0, 0.1) is 0 Å². The van der Waals surface area contributed by atoms with Gasteiger partial charge in [0.05, 0.1) is 17.1 Å². The Hall–Kier alpha value is -2.79. The molecule has 3 aromatic rings. The molecule has 5 heteroatoms. The number of nitrogens with one attached hydrogen (secondary N) is 1. The van der Waals surface area contributed by atoms with Gasteiger partial charge in [-0.25, -0.2) is 15.0 Å². The van der Waals surface area contributed by atoms with Crippen LogP contribution < -0.4 is 5.32 Å². The van der Waals surface area contributed by atoms with E-state index in [2.05, 4.69) is 15.3 Å². The Kier molecular flexibility index (Phi) is 4.91. The van der Waals surface area contributed by atoms with E-state index in [1.807, 2.05) is 54.6 Å². The summed E-state index contributed by atoms with van der Waals surface area (Å²) in [5, 5.41) is 11.9. The molecule has 0 aliphatic rings. The van der Waals surface area contributed by atoms with E-state index >= 15 is 0 Å². The maximum atomic E-state index is 8.82. The molecule has 23 heavy (non-hydrogen) atoms. The second-order valence-electron chi connectivity index (χ2n) is 5.04. The van der Waals surface area contributed by atoms with Crippen LogP contribution in [0.5, 0.6) is 0 Å². The number of nitrogens with zero attached hydrogens (tertiary/aromatic N) is 3. The highest BCUT2D eigenvalue weighted by Crippen LogP contribution is 2.21. The monoisotopic (exact) mass is 306 g/mol. The van der Waals surface area contributed by atoms with E-state index in [-0.39, 0.29) is 6.61 Å². The molecule has 0 unspecified atom stereocenters. The molecule has 0 bridgehead atoms. The van der Waals surface area contributed by atoms with Crippen LogP contribution in [-0.2, 0) is 0 Å². The summed E-state index contributed by atoms with van der Waals surface area (Å²) >= 11 is 0. The van der Waals surface area contributed by atoms with E-state index in [0.29, 0.717) is 18.9 Å². The van der Waals surface area contributed by atoms with Crippen molar-refractivity contribution >= 4 is 5.95 Å². The zero-order valence-corrected chi connectivity index (χ0v) is 12.7. The van der Waals surface area contributed by atoms with Gasteiger partial charge in [-0.2, -0.15) is 0 Å². The normalized spacial score (nSPS) is 10.5. The molecule has 116 valence electrons. The van der Waals surface area contributed by atoms with Crippen LogP contribution >= 0.6 is 0 Å². The lowest BCUT2D eigenvalue weighted by molar-refractivity contribution is 0.292. The van der Waals surface area contributed by atoms with Crippen molar-refractivity contribution in [3.63, 3.8) is 0 Å². The summed E-state index contributed by atoms with van der Waals surface area (Å²) in [6.07, 6.45) is 2.37. The Morgan fingerprint density at radius 3 is 2.43 bits per heavy atom. The van der Waals surface area contributed by atoms with Gasteiger partial charge in [-0.15, -0.1) is 0 Å². The van der Waals surface area contributed by atoms with Crippen LogP contribution in [0.1, 0.15) is 6.42 Å². The number of rotatable bonds is 6. The first-order chi connectivity index (χ1) is 11.4. The highest BCUT2D eigenvalue weighted by molar-refractivity contribution is 5.64. The molecule has 0 spiro atoms. The largest absolute Gasteiger partial charge is 0.396 e. The number of pyridine rings is 1. The van der Waals surface area contributed by atoms with Crippen molar-refractivity contribution in [1.82, 2.24) is 15.0 Å². The molecular weight excluding hydrogens is 288 g/mol. The van der Waals surface area contributed by atoms with Crippen molar-refractivity contribution in [2.24, 2.45) is 0 Å². The lowest BCUT2D eigenvalue weighted by Gasteiger charge is -2.07. The van der Waals surface area contributed by atoms with Crippen molar-refractivity contribution in [2.75, 3.05) is 18.5 Å². The van der Waals surface area contributed by atoms with Gasteiger partial charge in [0, 0.05) is 24.9 Å². The lowest BCUT2D eigenvalue weighted by Crippen LogP contribution is -2.07. The number of hydrogen-bond donors (Lipinski definition) is 2. The molecule has 0 saturated carbocycles. The summed E-state index contributed by atoms with van der Waals surface area (Å²) in [5.74, 6) is 0.544.